The summed E-state index contributed by atoms with van der Waals surface area (Å²) in [6, 6.07) is 12.8. The van der Waals surface area contributed by atoms with Crippen LogP contribution in [0.2, 0.25) is 0 Å². The molecule has 0 radical (unpaired) electrons. The summed E-state index contributed by atoms with van der Waals surface area (Å²) in [5.74, 6) is -0.264. The number of H-pyrrole nitrogens is 1. The first-order valence-electron chi connectivity index (χ1n) is 17.8. The molecule has 1 unspecified atom stereocenters. The summed E-state index contributed by atoms with van der Waals surface area (Å²) in [5.41, 5.74) is 5.22. The monoisotopic (exact) mass is 639 g/mol. The lowest BCUT2D eigenvalue weighted by molar-refractivity contribution is -0.143. The van der Waals surface area contributed by atoms with Gasteiger partial charge in [-0.1, -0.05) is 30.7 Å². The number of piperidine rings is 3. The molecule has 250 valence electrons. The quantitative estimate of drug-likeness (QED) is 0.380. The van der Waals surface area contributed by atoms with Crippen molar-refractivity contribution in [2.24, 2.45) is 5.92 Å². The van der Waals surface area contributed by atoms with Gasteiger partial charge in [0.2, 0.25) is 11.8 Å². The van der Waals surface area contributed by atoms with Gasteiger partial charge in [-0.15, -0.1) is 0 Å². The molecule has 4 amide bonds. The lowest BCUT2D eigenvalue weighted by Gasteiger charge is -2.41. The van der Waals surface area contributed by atoms with Gasteiger partial charge in [-0.05, 0) is 100 Å². The highest BCUT2D eigenvalue weighted by Gasteiger charge is 2.35. The van der Waals surface area contributed by atoms with E-state index >= 15 is 0 Å². The maximum atomic E-state index is 14.2. The van der Waals surface area contributed by atoms with Crippen molar-refractivity contribution < 1.29 is 14.4 Å². The number of amides is 4. The summed E-state index contributed by atoms with van der Waals surface area (Å²) in [4.78, 5) is 49.7. The Balaban J connectivity index is 1.00. The lowest BCUT2D eigenvalue weighted by atomic mass is 9.91. The van der Waals surface area contributed by atoms with Crippen LogP contribution >= 0.6 is 0 Å². The first-order valence-corrected chi connectivity index (χ1v) is 17.8. The summed E-state index contributed by atoms with van der Waals surface area (Å²) >= 11 is 0. The molecule has 10 heteroatoms. The third-order valence-corrected chi connectivity index (χ3v) is 11.1. The van der Waals surface area contributed by atoms with Crippen LogP contribution in [0.1, 0.15) is 68.1 Å². The Bertz CT molecular complexity index is 1580. The highest BCUT2D eigenvalue weighted by atomic mass is 16.2. The van der Waals surface area contributed by atoms with Crippen LogP contribution < -0.4 is 5.32 Å². The van der Waals surface area contributed by atoms with Crippen LogP contribution in [-0.2, 0) is 22.4 Å². The van der Waals surface area contributed by atoms with Gasteiger partial charge in [0.15, 0.2) is 0 Å². The normalized spacial score (nSPS) is 21.0. The molecule has 10 nitrogen and oxygen atoms in total. The van der Waals surface area contributed by atoms with E-state index in [1.165, 1.54) is 32.4 Å². The van der Waals surface area contributed by atoms with Crippen LogP contribution in [0.15, 0.2) is 42.6 Å². The number of rotatable bonds is 7. The summed E-state index contributed by atoms with van der Waals surface area (Å²) in [7, 11) is 0. The van der Waals surface area contributed by atoms with Crippen LogP contribution in [0.4, 0.5) is 10.5 Å². The molecule has 0 bridgehead atoms. The number of aromatic nitrogens is 2. The number of aryl methyl sites for hydroxylation is 1. The first kappa shape index (κ1) is 31.7. The first-order chi connectivity index (χ1) is 22.9. The van der Waals surface area contributed by atoms with Crippen LogP contribution in [0.3, 0.4) is 0 Å². The molecular formula is C37H49N7O3. The Morgan fingerprint density at radius 2 is 1.62 bits per heavy atom. The summed E-state index contributed by atoms with van der Waals surface area (Å²) < 4.78 is 0. The van der Waals surface area contributed by atoms with Gasteiger partial charge in [-0.25, -0.2) is 4.79 Å². The topological polar surface area (TPSA) is 105 Å². The van der Waals surface area contributed by atoms with Crippen LogP contribution in [0.5, 0.6) is 0 Å². The number of para-hydroxylation sites is 1. The van der Waals surface area contributed by atoms with Gasteiger partial charge in [-0.2, -0.15) is 5.10 Å². The fourth-order valence-corrected chi connectivity index (χ4v) is 8.46. The Morgan fingerprint density at radius 1 is 0.894 bits per heavy atom. The number of fused-ring (bicyclic) bond motifs is 2. The van der Waals surface area contributed by atoms with Crippen molar-refractivity contribution >= 4 is 34.4 Å². The van der Waals surface area contributed by atoms with E-state index in [0.29, 0.717) is 32.1 Å². The summed E-state index contributed by atoms with van der Waals surface area (Å²) in [6.07, 6.45) is 10.8. The largest absolute Gasteiger partial charge is 0.343 e. The van der Waals surface area contributed by atoms with Crippen molar-refractivity contribution in [2.45, 2.75) is 83.2 Å². The molecule has 5 heterocycles. The van der Waals surface area contributed by atoms with E-state index in [9.17, 15) is 14.4 Å². The average Bonchev–Trinajstić information content (AvgIpc) is 3.52. The number of carbonyl (C=O) groups is 3. The Hall–Kier alpha value is -3.92. The van der Waals surface area contributed by atoms with E-state index in [1.807, 2.05) is 39.1 Å². The van der Waals surface area contributed by atoms with E-state index in [0.717, 1.165) is 78.5 Å². The minimum Gasteiger partial charge on any atom is -0.343 e. The smallest absolute Gasteiger partial charge is 0.322 e. The number of urea groups is 1. The highest BCUT2D eigenvalue weighted by molar-refractivity contribution is 5.91. The lowest BCUT2D eigenvalue weighted by Crippen LogP contribution is -2.51. The molecule has 4 aliphatic heterocycles. The molecule has 1 atom stereocenters. The molecule has 3 fully saturated rings. The maximum Gasteiger partial charge on any atom is 0.322 e. The molecular weight excluding hydrogens is 590 g/mol. The molecule has 3 aromatic rings. The van der Waals surface area contributed by atoms with Gasteiger partial charge < -0.3 is 24.9 Å². The number of carbonyl (C=O) groups excluding carboxylic acids is 3. The van der Waals surface area contributed by atoms with Crippen LogP contribution in [0, 0.1) is 12.8 Å². The van der Waals surface area contributed by atoms with Crippen molar-refractivity contribution in [3.05, 3.63) is 59.3 Å². The zero-order chi connectivity index (χ0) is 32.3. The Kier molecular flexibility index (Phi) is 9.47. The standard InChI is InChI=1S/C37H49N7O3/c1-26-21-27(23-30-25-38-40-35(26)30)22-29(36(46)43-18-10-31(11-19-43)41-14-5-2-6-15-41)24-34(45)42-16-12-32(13-17-42)44-20-9-28-7-3-4-8-33(28)39-37(44)47/h3-4,7-8,21,23,25,29,31-32H,2,5-6,9-20,22,24H2,1H3,(H,38,40)(H,39,47). The second-order valence-corrected chi connectivity index (χ2v) is 14.1. The number of benzene rings is 2. The van der Waals surface area contributed by atoms with Gasteiger partial charge in [0.25, 0.3) is 0 Å². The van der Waals surface area contributed by atoms with E-state index in [2.05, 4.69) is 45.5 Å². The van der Waals surface area contributed by atoms with Gasteiger partial charge in [0.1, 0.15) is 0 Å². The minimum atomic E-state index is -0.412. The predicted molar refractivity (Wildman–Crippen MR) is 183 cm³/mol. The molecule has 47 heavy (non-hydrogen) atoms. The molecule has 1 aromatic heterocycles. The Labute approximate surface area is 277 Å². The molecule has 0 spiro atoms. The van der Waals surface area contributed by atoms with E-state index in [-0.39, 0.29) is 30.3 Å². The number of hydrogen-bond donors (Lipinski definition) is 2. The van der Waals surface area contributed by atoms with E-state index < -0.39 is 5.92 Å². The van der Waals surface area contributed by atoms with Crippen LogP contribution in [0.25, 0.3) is 10.9 Å². The number of likely N-dealkylation sites (tertiary alicyclic amines) is 3. The zero-order valence-electron chi connectivity index (χ0n) is 27.8. The van der Waals surface area contributed by atoms with Crippen LogP contribution in [-0.4, -0.2) is 106 Å². The summed E-state index contributed by atoms with van der Waals surface area (Å²) in [6.45, 7) is 7.81. The van der Waals surface area contributed by atoms with Gasteiger partial charge in [0, 0.05) is 62.3 Å². The van der Waals surface area contributed by atoms with Crippen molar-refractivity contribution in [3.63, 3.8) is 0 Å². The van der Waals surface area contributed by atoms with Crippen molar-refractivity contribution in [3.8, 4) is 0 Å². The number of nitrogens with one attached hydrogen (secondary N) is 2. The molecule has 0 saturated carbocycles. The zero-order valence-corrected chi connectivity index (χ0v) is 27.8. The number of nitrogens with zero attached hydrogens (tertiary/aromatic N) is 5. The maximum absolute atomic E-state index is 14.2. The second-order valence-electron chi connectivity index (χ2n) is 14.1. The van der Waals surface area contributed by atoms with Gasteiger partial charge >= 0.3 is 6.03 Å². The third-order valence-electron chi connectivity index (χ3n) is 11.1. The number of aromatic amines is 1. The molecule has 2 N–H and O–H groups in total. The van der Waals surface area contributed by atoms with E-state index in [4.69, 9.17) is 0 Å². The SMILES string of the molecule is Cc1cc(CC(CC(=O)N2CCC(N3CCc4ccccc4NC3=O)CC2)C(=O)N2CCC(N3CCCCC3)CC2)cc2cn[nH]c12. The fourth-order valence-electron chi connectivity index (χ4n) is 8.46. The Morgan fingerprint density at radius 3 is 2.40 bits per heavy atom. The summed E-state index contributed by atoms with van der Waals surface area (Å²) in [5, 5.41) is 11.4. The molecule has 2 aromatic carbocycles. The second kappa shape index (κ2) is 14.1. The minimum absolute atomic E-state index is 0.0406. The molecule has 3 saturated heterocycles. The third kappa shape index (κ3) is 7.03. The highest BCUT2D eigenvalue weighted by Crippen LogP contribution is 2.28. The number of anilines is 1. The number of hydrogen-bond acceptors (Lipinski definition) is 5. The van der Waals surface area contributed by atoms with Crippen molar-refractivity contribution in [1.82, 2.24) is 29.8 Å². The molecule has 0 aliphatic carbocycles. The van der Waals surface area contributed by atoms with Gasteiger partial charge in [0.05, 0.1) is 17.6 Å². The van der Waals surface area contributed by atoms with E-state index in [1.54, 1.807) is 0 Å². The predicted octanol–water partition coefficient (Wildman–Crippen LogP) is 4.98. The average molecular weight is 640 g/mol. The fraction of sp³-hybridized carbons (Fsp3) is 0.568. The molecule has 7 rings (SSSR count). The van der Waals surface area contributed by atoms with Gasteiger partial charge in [-0.3, -0.25) is 14.7 Å². The van der Waals surface area contributed by atoms with Crippen molar-refractivity contribution in [2.75, 3.05) is 51.1 Å². The molecule has 4 aliphatic rings. The van der Waals surface area contributed by atoms with Crippen molar-refractivity contribution in [1.29, 1.82) is 0 Å².